The molecular weight excluding hydrogens is 262 g/mol. The van der Waals surface area contributed by atoms with Crippen molar-refractivity contribution in [1.29, 1.82) is 0 Å². The minimum Gasteiger partial charge on any atom is -0.378 e. The van der Waals surface area contributed by atoms with Crippen LogP contribution in [0.15, 0.2) is 24.3 Å². The molecule has 1 aliphatic heterocycles. The summed E-state index contributed by atoms with van der Waals surface area (Å²) < 4.78 is 5.31. The van der Waals surface area contributed by atoms with E-state index in [-0.39, 0.29) is 30.3 Å². The molecule has 2 aliphatic rings. The van der Waals surface area contributed by atoms with Gasteiger partial charge in [0.25, 0.3) is 11.8 Å². The zero-order valence-electron chi connectivity index (χ0n) is 10.7. The Labute approximate surface area is 115 Å². The second-order valence-electron chi connectivity index (χ2n) is 4.73. The highest BCUT2D eigenvalue weighted by molar-refractivity contribution is 6.20. The minimum atomic E-state index is -0.653. The molecule has 1 heterocycles. The highest BCUT2D eigenvalue weighted by Crippen LogP contribution is 2.24. The molecule has 1 fully saturated rings. The third-order valence-electron chi connectivity index (χ3n) is 3.13. The summed E-state index contributed by atoms with van der Waals surface area (Å²) in [6.45, 7) is 0.243. The summed E-state index contributed by atoms with van der Waals surface area (Å²) in [5, 5.41) is 0.518. The van der Waals surface area contributed by atoms with Gasteiger partial charge < -0.3 is 9.57 Å². The number of hydroxylamine groups is 2. The topological polar surface area (TPSA) is 72.9 Å². The molecule has 0 unspecified atom stereocenters. The standard InChI is InChI=1S/C14H13NO5/c16-12(7-8-19-9-5-6-9)20-15-13(17)10-3-1-2-4-11(10)14(15)18/h1-4,9H,5-8H2. The number of hydrogen-bond acceptors (Lipinski definition) is 5. The Morgan fingerprint density at radius 2 is 1.75 bits per heavy atom. The molecule has 1 aromatic rings. The van der Waals surface area contributed by atoms with Crippen molar-refractivity contribution in [3.8, 4) is 0 Å². The molecule has 2 amide bonds. The van der Waals surface area contributed by atoms with Gasteiger partial charge in [0.1, 0.15) is 0 Å². The summed E-state index contributed by atoms with van der Waals surface area (Å²) >= 11 is 0. The number of carbonyl (C=O) groups is 3. The Morgan fingerprint density at radius 3 is 2.30 bits per heavy atom. The van der Waals surface area contributed by atoms with Crippen LogP contribution in [-0.4, -0.2) is 35.6 Å². The lowest BCUT2D eigenvalue weighted by atomic mass is 10.1. The molecule has 3 rings (SSSR count). The monoisotopic (exact) mass is 275 g/mol. The molecular formula is C14H13NO5. The minimum absolute atomic E-state index is 0.0178. The van der Waals surface area contributed by atoms with Crippen LogP contribution in [0.25, 0.3) is 0 Å². The first-order valence-electron chi connectivity index (χ1n) is 6.47. The van der Waals surface area contributed by atoms with Crippen LogP contribution in [0.4, 0.5) is 0 Å². The normalized spacial score (nSPS) is 17.3. The fourth-order valence-electron chi connectivity index (χ4n) is 1.94. The molecule has 104 valence electrons. The predicted molar refractivity (Wildman–Crippen MR) is 66.6 cm³/mol. The van der Waals surface area contributed by atoms with E-state index in [4.69, 9.17) is 9.57 Å². The summed E-state index contributed by atoms with van der Waals surface area (Å²) in [5.74, 6) is -1.87. The SMILES string of the molecule is O=C(CCOC1CC1)ON1C(=O)c2ccccc2C1=O. The lowest BCUT2D eigenvalue weighted by Crippen LogP contribution is -2.33. The number of nitrogens with zero attached hydrogens (tertiary/aromatic N) is 1. The molecule has 6 nitrogen and oxygen atoms in total. The predicted octanol–water partition coefficient (Wildman–Crippen LogP) is 1.31. The molecule has 6 heteroatoms. The largest absolute Gasteiger partial charge is 0.378 e. The summed E-state index contributed by atoms with van der Waals surface area (Å²) in [6.07, 6.45) is 2.31. The molecule has 1 aromatic carbocycles. The van der Waals surface area contributed by atoms with Crippen molar-refractivity contribution in [2.75, 3.05) is 6.61 Å². The molecule has 0 bridgehead atoms. The summed E-state index contributed by atoms with van der Waals surface area (Å²) in [5.41, 5.74) is 0.499. The van der Waals surface area contributed by atoms with Crippen molar-refractivity contribution in [1.82, 2.24) is 5.06 Å². The number of fused-ring (bicyclic) bond motifs is 1. The average molecular weight is 275 g/mol. The number of ether oxygens (including phenoxy) is 1. The maximum absolute atomic E-state index is 11.9. The van der Waals surface area contributed by atoms with Gasteiger partial charge in [0.15, 0.2) is 0 Å². The molecule has 0 spiro atoms. The van der Waals surface area contributed by atoms with Gasteiger partial charge in [-0.15, -0.1) is 0 Å². The highest BCUT2D eigenvalue weighted by atomic mass is 16.7. The van der Waals surface area contributed by atoms with Crippen LogP contribution in [0.3, 0.4) is 0 Å². The van der Waals surface area contributed by atoms with Crippen molar-refractivity contribution in [3.63, 3.8) is 0 Å². The molecule has 0 N–H and O–H groups in total. The van der Waals surface area contributed by atoms with E-state index in [9.17, 15) is 14.4 Å². The van der Waals surface area contributed by atoms with E-state index in [0.29, 0.717) is 5.06 Å². The van der Waals surface area contributed by atoms with E-state index in [1.54, 1.807) is 12.1 Å². The lowest BCUT2D eigenvalue weighted by Gasteiger charge is -2.12. The smallest absolute Gasteiger partial charge is 0.335 e. The quantitative estimate of drug-likeness (QED) is 0.757. The third kappa shape index (κ3) is 2.42. The van der Waals surface area contributed by atoms with Gasteiger partial charge in [-0.25, -0.2) is 4.79 Å². The number of amides is 2. The number of imide groups is 1. The van der Waals surface area contributed by atoms with Gasteiger partial charge in [0, 0.05) is 0 Å². The van der Waals surface area contributed by atoms with Crippen LogP contribution in [-0.2, 0) is 14.4 Å². The number of carbonyl (C=O) groups excluding carboxylic acids is 3. The van der Waals surface area contributed by atoms with Gasteiger partial charge in [0.05, 0.1) is 30.3 Å². The second kappa shape index (κ2) is 5.05. The molecule has 0 aromatic heterocycles. The Bertz CT molecular complexity index is 544. The van der Waals surface area contributed by atoms with E-state index in [0.717, 1.165) is 12.8 Å². The lowest BCUT2D eigenvalue weighted by molar-refractivity contribution is -0.169. The van der Waals surface area contributed by atoms with E-state index >= 15 is 0 Å². The van der Waals surface area contributed by atoms with E-state index in [1.807, 2.05) is 0 Å². The molecule has 0 saturated heterocycles. The Kier molecular flexibility index (Phi) is 3.23. The van der Waals surface area contributed by atoms with Crippen molar-refractivity contribution >= 4 is 17.8 Å². The maximum Gasteiger partial charge on any atom is 0.335 e. The Hall–Kier alpha value is -2.21. The molecule has 1 saturated carbocycles. The molecule has 1 aliphatic carbocycles. The van der Waals surface area contributed by atoms with Gasteiger partial charge in [0.2, 0.25) is 0 Å². The van der Waals surface area contributed by atoms with Crippen molar-refractivity contribution < 1.29 is 24.0 Å². The summed E-state index contributed by atoms with van der Waals surface area (Å²) in [6, 6.07) is 6.36. The van der Waals surface area contributed by atoms with Gasteiger partial charge in [-0.05, 0) is 25.0 Å². The van der Waals surface area contributed by atoms with Crippen molar-refractivity contribution in [2.24, 2.45) is 0 Å². The summed E-state index contributed by atoms with van der Waals surface area (Å²) in [7, 11) is 0. The number of benzene rings is 1. The van der Waals surface area contributed by atoms with Gasteiger partial charge in [-0.1, -0.05) is 17.2 Å². The third-order valence-corrected chi connectivity index (χ3v) is 3.13. The molecule has 0 atom stereocenters. The number of rotatable bonds is 5. The van der Waals surface area contributed by atoms with Gasteiger partial charge in [-0.2, -0.15) is 0 Å². The summed E-state index contributed by atoms with van der Waals surface area (Å²) in [4.78, 5) is 40.3. The van der Waals surface area contributed by atoms with Crippen LogP contribution in [0.5, 0.6) is 0 Å². The van der Waals surface area contributed by atoms with Gasteiger partial charge >= 0.3 is 5.97 Å². The Balaban J connectivity index is 1.59. The number of hydrogen-bond donors (Lipinski definition) is 0. The van der Waals surface area contributed by atoms with E-state index in [1.165, 1.54) is 12.1 Å². The first-order valence-corrected chi connectivity index (χ1v) is 6.47. The van der Waals surface area contributed by atoms with E-state index in [2.05, 4.69) is 0 Å². The fraction of sp³-hybridized carbons (Fsp3) is 0.357. The maximum atomic E-state index is 11.9. The van der Waals surface area contributed by atoms with Crippen LogP contribution in [0, 0.1) is 0 Å². The van der Waals surface area contributed by atoms with Crippen LogP contribution < -0.4 is 0 Å². The average Bonchev–Trinajstić information content (AvgIpc) is 3.24. The van der Waals surface area contributed by atoms with Crippen molar-refractivity contribution in [2.45, 2.75) is 25.4 Å². The first-order chi connectivity index (χ1) is 9.66. The second-order valence-corrected chi connectivity index (χ2v) is 4.73. The molecule has 0 radical (unpaired) electrons. The van der Waals surface area contributed by atoms with Crippen molar-refractivity contribution in [3.05, 3.63) is 35.4 Å². The van der Waals surface area contributed by atoms with Gasteiger partial charge in [-0.3, -0.25) is 9.59 Å². The van der Waals surface area contributed by atoms with Crippen LogP contribution >= 0.6 is 0 Å². The zero-order chi connectivity index (χ0) is 14.1. The van der Waals surface area contributed by atoms with Crippen LogP contribution in [0.1, 0.15) is 40.0 Å². The molecule has 20 heavy (non-hydrogen) atoms. The first kappa shape index (κ1) is 12.8. The van der Waals surface area contributed by atoms with Crippen LogP contribution in [0.2, 0.25) is 0 Å². The zero-order valence-corrected chi connectivity index (χ0v) is 10.7. The highest BCUT2D eigenvalue weighted by Gasteiger charge is 2.38. The van der Waals surface area contributed by atoms with E-state index < -0.39 is 17.8 Å². The Morgan fingerprint density at radius 1 is 1.15 bits per heavy atom. The fourth-order valence-corrected chi connectivity index (χ4v) is 1.94.